The van der Waals surface area contributed by atoms with Crippen molar-refractivity contribution in [2.75, 3.05) is 31.5 Å². The number of nitrogens with zero attached hydrogens (tertiary/aromatic N) is 2. The van der Waals surface area contributed by atoms with Crippen molar-refractivity contribution >= 4 is 40.4 Å². The molecule has 1 unspecified atom stereocenters. The molecule has 2 aromatic rings. The molecule has 2 heterocycles. The molecule has 0 spiro atoms. The second-order valence-corrected chi connectivity index (χ2v) is 9.63. The number of thiophene rings is 1. The summed E-state index contributed by atoms with van der Waals surface area (Å²) >= 11 is 7.70. The van der Waals surface area contributed by atoms with Gasteiger partial charge >= 0.3 is 0 Å². The second kappa shape index (κ2) is 9.94. The van der Waals surface area contributed by atoms with Crippen molar-refractivity contribution in [1.29, 1.82) is 0 Å². The lowest BCUT2D eigenvalue weighted by Gasteiger charge is -2.40. The SMILES string of the molecule is O=C(Nc1cccc(Cl)c1)C(C1CCCC1)N1CCN(C(=O)Cc2cccs2)CC1. The molecule has 1 aliphatic carbocycles. The van der Waals surface area contributed by atoms with Crippen molar-refractivity contribution in [3.05, 3.63) is 51.7 Å². The molecular formula is C23H28ClN3O2S. The van der Waals surface area contributed by atoms with Crippen molar-refractivity contribution in [3.63, 3.8) is 0 Å². The summed E-state index contributed by atoms with van der Waals surface area (Å²) in [6.07, 6.45) is 5.02. The lowest BCUT2D eigenvalue weighted by Crippen LogP contribution is -2.57. The maximum absolute atomic E-state index is 13.3. The molecule has 1 atom stereocenters. The maximum atomic E-state index is 13.3. The molecule has 0 radical (unpaired) electrons. The minimum absolute atomic E-state index is 0.0440. The van der Waals surface area contributed by atoms with Gasteiger partial charge in [-0.2, -0.15) is 0 Å². The molecule has 1 N–H and O–H groups in total. The number of nitrogens with one attached hydrogen (secondary N) is 1. The first-order valence-corrected chi connectivity index (χ1v) is 12.0. The van der Waals surface area contributed by atoms with Crippen LogP contribution in [-0.4, -0.2) is 53.8 Å². The summed E-state index contributed by atoms with van der Waals surface area (Å²) in [4.78, 5) is 31.2. The molecule has 2 fully saturated rings. The highest BCUT2D eigenvalue weighted by Crippen LogP contribution is 2.32. The molecule has 160 valence electrons. The highest BCUT2D eigenvalue weighted by atomic mass is 35.5. The monoisotopic (exact) mass is 445 g/mol. The largest absolute Gasteiger partial charge is 0.340 e. The molecule has 1 aromatic carbocycles. The van der Waals surface area contributed by atoms with Gasteiger partial charge in [0.25, 0.3) is 0 Å². The van der Waals surface area contributed by atoms with Crippen LogP contribution in [0.1, 0.15) is 30.6 Å². The third kappa shape index (κ3) is 5.23. The Hall–Kier alpha value is -1.89. The number of piperazine rings is 1. The van der Waals surface area contributed by atoms with Crippen LogP contribution in [0.3, 0.4) is 0 Å². The predicted octanol–water partition coefficient (Wildman–Crippen LogP) is 4.29. The number of rotatable bonds is 6. The van der Waals surface area contributed by atoms with Crippen LogP contribution in [0.4, 0.5) is 5.69 Å². The van der Waals surface area contributed by atoms with E-state index in [9.17, 15) is 9.59 Å². The van der Waals surface area contributed by atoms with Gasteiger partial charge in [-0.05, 0) is 48.4 Å². The van der Waals surface area contributed by atoms with E-state index < -0.39 is 0 Å². The van der Waals surface area contributed by atoms with Gasteiger partial charge in [-0.15, -0.1) is 11.3 Å². The van der Waals surface area contributed by atoms with E-state index >= 15 is 0 Å². The third-order valence-electron chi connectivity index (χ3n) is 6.17. The number of anilines is 1. The lowest BCUT2D eigenvalue weighted by atomic mass is 9.94. The minimum atomic E-state index is -0.152. The highest BCUT2D eigenvalue weighted by Gasteiger charge is 2.37. The molecule has 5 nitrogen and oxygen atoms in total. The molecule has 2 amide bonds. The highest BCUT2D eigenvalue weighted by molar-refractivity contribution is 7.10. The Morgan fingerprint density at radius 1 is 1.10 bits per heavy atom. The molecule has 1 aliphatic heterocycles. The van der Waals surface area contributed by atoms with E-state index in [1.54, 1.807) is 23.5 Å². The fourth-order valence-corrected chi connectivity index (χ4v) is 5.54. The molecule has 2 aliphatic rings. The summed E-state index contributed by atoms with van der Waals surface area (Å²) in [5, 5.41) is 5.70. The third-order valence-corrected chi connectivity index (χ3v) is 7.28. The number of hydrogen-bond donors (Lipinski definition) is 1. The molecule has 7 heteroatoms. The molecule has 0 bridgehead atoms. The molecule has 1 saturated carbocycles. The van der Waals surface area contributed by atoms with Gasteiger partial charge in [0.05, 0.1) is 12.5 Å². The van der Waals surface area contributed by atoms with Crippen molar-refractivity contribution in [2.24, 2.45) is 5.92 Å². The number of benzene rings is 1. The predicted molar refractivity (Wildman–Crippen MR) is 122 cm³/mol. The zero-order valence-electron chi connectivity index (χ0n) is 17.1. The maximum Gasteiger partial charge on any atom is 0.242 e. The first-order valence-electron chi connectivity index (χ1n) is 10.7. The van der Waals surface area contributed by atoms with Crippen molar-refractivity contribution in [1.82, 2.24) is 9.80 Å². The van der Waals surface area contributed by atoms with Gasteiger partial charge in [-0.25, -0.2) is 0 Å². The Bertz CT molecular complexity index is 859. The topological polar surface area (TPSA) is 52.7 Å². The number of carbonyl (C=O) groups is 2. The summed E-state index contributed by atoms with van der Waals surface area (Å²) in [6, 6.07) is 11.1. The van der Waals surface area contributed by atoms with Crippen LogP contribution in [0.5, 0.6) is 0 Å². The molecule has 1 aromatic heterocycles. The Morgan fingerprint density at radius 3 is 2.53 bits per heavy atom. The smallest absolute Gasteiger partial charge is 0.242 e. The number of amides is 2. The standard InChI is InChI=1S/C23H28ClN3O2S/c24-18-7-3-8-19(15-18)25-23(29)22(17-5-1-2-6-17)27-12-10-26(11-13-27)21(28)16-20-9-4-14-30-20/h3-4,7-9,14-15,17,22H,1-2,5-6,10-13,16H2,(H,25,29). The van der Waals surface area contributed by atoms with Gasteiger partial charge in [-0.3, -0.25) is 14.5 Å². The normalized spacial score (nSPS) is 19.0. The summed E-state index contributed by atoms with van der Waals surface area (Å²) in [6.45, 7) is 2.83. The van der Waals surface area contributed by atoms with E-state index in [1.807, 2.05) is 34.5 Å². The van der Waals surface area contributed by atoms with Gasteiger partial charge in [0.15, 0.2) is 0 Å². The van der Waals surface area contributed by atoms with E-state index in [0.29, 0.717) is 30.5 Å². The molecule has 30 heavy (non-hydrogen) atoms. The fraction of sp³-hybridized carbons (Fsp3) is 0.478. The van der Waals surface area contributed by atoms with E-state index in [-0.39, 0.29) is 17.9 Å². The quantitative estimate of drug-likeness (QED) is 0.721. The van der Waals surface area contributed by atoms with Crippen LogP contribution in [-0.2, 0) is 16.0 Å². The van der Waals surface area contributed by atoms with Gasteiger partial charge in [0.2, 0.25) is 11.8 Å². The minimum Gasteiger partial charge on any atom is -0.340 e. The van der Waals surface area contributed by atoms with Crippen LogP contribution in [0.25, 0.3) is 0 Å². The average molecular weight is 446 g/mol. The van der Waals surface area contributed by atoms with Crippen molar-refractivity contribution in [2.45, 2.75) is 38.1 Å². The number of halogens is 1. The van der Waals surface area contributed by atoms with Crippen LogP contribution in [0, 0.1) is 5.92 Å². The number of hydrogen-bond acceptors (Lipinski definition) is 4. The van der Waals surface area contributed by atoms with E-state index in [0.717, 1.165) is 36.5 Å². The second-order valence-electron chi connectivity index (χ2n) is 8.16. The van der Waals surface area contributed by atoms with Gasteiger partial charge < -0.3 is 10.2 Å². The van der Waals surface area contributed by atoms with Gasteiger partial charge in [0.1, 0.15) is 0 Å². The van der Waals surface area contributed by atoms with Crippen LogP contribution < -0.4 is 5.32 Å². The van der Waals surface area contributed by atoms with Crippen LogP contribution in [0.15, 0.2) is 41.8 Å². The zero-order chi connectivity index (χ0) is 20.9. The summed E-state index contributed by atoms with van der Waals surface area (Å²) in [5.41, 5.74) is 0.736. The lowest BCUT2D eigenvalue weighted by molar-refractivity contribution is -0.133. The van der Waals surface area contributed by atoms with Gasteiger partial charge in [-0.1, -0.05) is 36.6 Å². The van der Waals surface area contributed by atoms with Crippen LogP contribution in [0.2, 0.25) is 5.02 Å². The first-order chi connectivity index (χ1) is 14.6. The van der Waals surface area contributed by atoms with Gasteiger partial charge in [0, 0.05) is 41.8 Å². The van der Waals surface area contributed by atoms with Crippen molar-refractivity contribution in [3.8, 4) is 0 Å². The Labute approximate surface area is 187 Å². The Morgan fingerprint density at radius 2 is 1.87 bits per heavy atom. The zero-order valence-corrected chi connectivity index (χ0v) is 18.6. The molecule has 4 rings (SSSR count). The summed E-state index contributed by atoms with van der Waals surface area (Å²) in [5.74, 6) is 0.595. The van der Waals surface area contributed by atoms with Crippen LogP contribution >= 0.6 is 22.9 Å². The first kappa shape index (κ1) is 21.3. The molecule has 1 saturated heterocycles. The van der Waals surface area contributed by atoms with E-state index in [4.69, 9.17) is 11.6 Å². The Balaban J connectivity index is 1.39. The summed E-state index contributed by atoms with van der Waals surface area (Å²) < 4.78 is 0. The van der Waals surface area contributed by atoms with E-state index in [2.05, 4.69) is 10.2 Å². The van der Waals surface area contributed by atoms with E-state index in [1.165, 1.54) is 12.8 Å². The number of carbonyl (C=O) groups excluding carboxylic acids is 2. The fourth-order valence-electron chi connectivity index (χ4n) is 4.66. The summed E-state index contributed by atoms with van der Waals surface area (Å²) in [7, 11) is 0. The Kier molecular flexibility index (Phi) is 7.08. The molecular weight excluding hydrogens is 418 g/mol. The van der Waals surface area contributed by atoms with Crippen molar-refractivity contribution < 1.29 is 9.59 Å². The average Bonchev–Trinajstić information content (AvgIpc) is 3.43.